The molecule has 0 amide bonds. The van der Waals surface area contributed by atoms with Crippen LogP contribution < -0.4 is 4.90 Å². The van der Waals surface area contributed by atoms with Crippen LogP contribution in [0.2, 0.25) is 0 Å². The number of anilines is 2. The largest absolute Gasteiger partial charge is 0.325 e. The molecular formula is C16H12FN3. The SMILES string of the molecule is Fc1cccc2c(N3CCc4ccccc43)ncnc12. The van der Waals surface area contributed by atoms with E-state index in [-0.39, 0.29) is 5.82 Å². The third-order valence-electron chi connectivity index (χ3n) is 3.74. The minimum Gasteiger partial charge on any atom is -0.325 e. The Bertz CT molecular complexity index is 801. The van der Waals surface area contributed by atoms with Gasteiger partial charge < -0.3 is 4.90 Å². The summed E-state index contributed by atoms with van der Waals surface area (Å²) in [6.45, 7) is 0.863. The molecule has 1 aliphatic rings. The van der Waals surface area contributed by atoms with Gasteiger partial charge in [-0.05, 0) is 30.2 Å². The van der Waals surface area contributed by atoms with Gasteiger partial charge in [-0.15, -0.1) is 0 Å². The molecule has 0 unspecified atom stereocenters. The van der Waals surface area contributed by atoms with Crippen molar-refractivity contribution in [2.24, 2.45) is 0 Å². The molecule has 0 bridgehead atoms. The van der Waals surface area contributed by atoms with Gasteiger partial charge in [-0.1, -0.05) is 24.3 Å². The number of nitrogens with zero attached hydrogens (tertiary/aromatic N) is 3. The maximum atomic E-state index is 13.8. The maximum absolute atomic E-state index is 13.8. The van der Waals surface area contributed by atoms with Crippen molar-refractivity contribution in [2.75, 3.05) is 11.4 Å². The lowest BCUT2D eigenvalue weighted by Crippen LogP contribution is -2.15. The summed E-state index contributed by atoms with van der Waals surface area (Å²) in [5.41, 5.74) is 2.83. The summed E-state index contributed by atoms with van der Waals surface area (Å²) in [7, 11) is 0. The van der Waals surface area contributed by atoms with Crippen LogP contribution in [0.5, 0.6) is 0 Å². The van der Waals surface area contributed by atoms with Crippen molar-refractivity contribution >= 4 is 22.4 Å². The number of rotatable bonds is 1. The maximum Gasteiger partial charge on any atom is 0.149 e. The van der Waals surface area contributed by atoms with Crippen LogP contribution in [0.25, 0.3) is 10.9 Å². The Kier molecular flexibility index (Phi) is 2.42. The zero-order valence-corrected chi connectivity index (χ0v) is 10.8. The summed E-state index contributed by atoms with van der Waals surface area (Å²) in [6.07, 6.45) is 2.42. The minimum absolute atomic E-state index is 0.307. The van der Waals surface area contributed by atoms with Gasteiger partial charge in [0.1, 0.15) is 23.5 Å². The first kappa shape index (κ1) is 11.3. The highest BCUT2D eigenvalue weighted by Crippen LogP contribution is 2.36. The molecule has 0 atom stereocenters. The molecular weight excluding hydrogens is 253 g/mol. The number of aromatic nitrogens is 2. The monoisotopic (exact) mass is 265 g/mol. The molecule has 0 N–H and O–H groups in total. The lowest BCUT2D eigenvalue weighted by Gasteiger charge is -2.19. The van der Waals surface area contributed by atoms with Gasteiger partial charge >= 0.3 is 0 Å². The average molecular weight is 265 g/mol. The molecule has 4 heteroatoms. The van der Waals surface area contributed by atoms with Gasteiger partial charge in [0.15, 0.2) is 0 Å². The van der Waals surface area contributed by atoms with Gasteiger partial charge in [-0.3, -0.25) is 0 Å². The van der Waals surface area contributed by atoms with Crippen molar-refractivity contribution in [3.05, 3.63) is 60.2 Å². The Labute approximate surface area is 115 Å². The molecule has 2 aromatic carbocycles. The second kappa shape index (κ2) is 4.27. The van der Waals surface area contributed by atoms with Crippen molar-refractivity contribution in [1.82, 2.24) is 9.97 Å². The first-order chi connectivity index (χ1) is 9.84. The second-order valence-corrected chi connectivity index (χ2v) is 4.86. The Morgan fingerprint density at radius 3 is 2.85 bits per heavy atom. The van der Waals surface area contributed by atoms with Gasteiger partial charge in [0.25, 0.3) is 0 Å². The van der Waals surface area contributed by atoms with E-state index >= 15 is 0 Å². The van der Waals surface area contributed by atoms with Crippen molar-refractivity contribution in [3.63, 3.8) is 0 Å². The molecule has 0 fully saturated rings. The van der Waals surface area contributed by atoms with E-state index in [4.69, 9.17) is 0 Å². The molecule has 0 saturated heterocycles. The van der Waals surface area contributed by atoms with Gasteiger partial charge in [0.05, 0.1) is 0 Å². The fraction of sp³-hybridized carbons (Fsp3) is 0.125. The van der Waals surface area contributed by atoms with Crippen LogP contribution in [0.3, 0.4) is 0 Å². The summed E-state index contributed by atoms with van der Waals surface area (Å²) >= 11 is 0. The third-order valence-corrected chi connectivity index (χ3v) is 3.74. The molecule has 3 aromatic rings. The number of fused-ring (bicyclic) bond motifs is 2. The van der Waals surface area contributed by atoms with Crippen molar-refractivity contribution < 1.29 is 4.39 Å². The Morgan fingerprint density at radius 2 is 1.90 bits per heavy atom. The van der Waals surface area contributed by atoms with E-state index in [0.717, 1.165) is 29.9 Å². The van der Waals surface area contributed by atoms with E-state index in [0.29, 0.717) is 5.52 Å². The van der Waals surface area contributed by atoms with Crippen LogP contribution in [0.1, 0.15) is 5.56 Å². The smallest absolute Gasteiger partial charge is 0.149 e. The van der Waals surface area contributed by atoms with Crippen LogP contribution in [0, 0.1) is 5.82 Å². The zero-order valence-electron chi connectivity index (χ0n) is 10.8. The summed E-state index contributed by atoms with van der Waals surface area (Å²) in [5, 5.41) is 0.754. The Balaban J connectivity index is 1.94. The van der Waals surface area contributed by atoms with Crippen LogP contribution in [-0.2, 0) is 6.42 Å². The topological polar surface area (TPSA) is 29.0 Å². The Morgan fingerprint density at radius 1 is 1.00 bits per heavy atom. The molecule has 0 aliphatic carbocycles. The predicted molar refractivity (Wildman–Crippen MR) is 76.6 cm³/mol. The van der Waals surface area contributed by atoms with Crippen LogP contribution in [0.15, 0.2) is 48.8 Å². The highest BCUT2D eigenvalue weighted by molar-refractivity contribution is 5.92. The first-order valence-electron chi connectivity index (χ1n) is 6.59. The lowest BCUT2D eigenvalue weighted by molar-refractivity contribution is 0.636. The predicted octanol–water partition coefficient (Wildman–Crippen LogP) is 3.46. The number of para-hydroxylation sites is 2. The highest BCUT2D eigenvalue weighted by Gasteiger charge is 2.22. The molecule has 0 spiro atoms. The summed E-state index contributed by atoms with van der Waals surface area (Å²) in [5.74, 6) is 0.470. The van der Waals surface area contributed by atoms with Gasteiger partial charge in [-0.2, -0.15) is 0 Å². The number of hydrogen-bond donors (Lipinski definition) is 0. The van der Waals surface area contributed by atoms with Gasteiger partial charge in [0, 0.05) is 17.6 Å². The molecule has 0 saturated carbocycles. The van der Waals surface area contributed by atoms with Crippen molar-refractivity contribution in [2.45, 2.75) is 6.42 Å². The van der Waals surface area contributed by atoms with Gasteiger partial charge in [-0.25, -0.2) is 14.4 Å². The molecule has 2 heterocycles. The van der Waals surface area contributed by atoms with E-state index in [1.54, 1.807) is 6.07 Å². The average Bonchev–Trinajstić information content (AvgIpc) is 2.91. The second-order valence-electron chi connectivity index (χ2n) is 4.86. The molecule has 20 heavy (non-hydrogen) atoms. The van der Waals surface area contributed by atoms with Crippen molar-refractivity contribution in [1.29, 1.82) is 0 Å². The summed E-state index contributed by atoms with van der Waals surface area (Å²) < 4.78 is 13.8. The standard InChI is InChI=1S/C16H12FN3/c17-13-6-3-5-12-15(13)18-10-19-16(12)20-9-8-11-4-1-2-7-14(11)20/h1-7,10H,8-9H2. The van der Waals surface area contributed by atoms with E-state index in [1.165, 1.54) is 18.0 Å². The highest BCUT2D eigenvalue weighted by atomic mass is 19.1. The van der Waals surface area contributed by atoms with E-state index in [9.17, 15) is 4.39 Å². The van der Waals surface area contributed by atoms with Crippen LogP contribution in [0.4, 0.5) is 15.9 Å². The fourth-order valence-corrected chi connectivity index (χ4v) is 2.81. The number of hydrogen-bond acceptors (Lipinski definition) is 3. The Hall–Kier alpha value is -2.49. The summed E-state index contributed by atoms with van der Waals surface area (Å²) in [4.78, 5) is 10.6. The van der Waals surface area contributed by atoms with E-state index in [2.05, 4.69) is 27.0 Å². The van der Waals surface area contributed by atoms with Crippen molar-refractivity contribution in [3.8, 4) is 0 Å². The lowest BCUT2D eigenvalue weighted by atomic mass is 10.2. The molecule has 1 aliphatic heterocycles. The molecule has 98 valence electrons. The molecule has 1 aromatic heterocycles. The molecule has 0 radical (unpaired) electrons. The first-order valence-corrected chi connectivity index (χ1v) is 6.59. The van der Waals surface area contributed by atoms with Crippen LogP contribution in [-0.4, -0.2) is 16.5 Å². The number of benzene rings is 2. The fourth-order valence-electron chi connectivity index (χ4n) is 2.81. The summed E-state index contributed by atoms with van der Waals surface area (Å²) in [6, 6.07) is 13.3. The quantitative estimate of drug-likeness (QED) is 0.674. The minimum atomic E-state index is -0.307. The van der Waals surface area contributed by atoms with E-state index in [1.807, 2.05) is 18.2 Å². The zero-order chi connectivity index (χ0) is 13.5. The molecule has 4 rings (SSSR count). The van der Waals surface area contributed by atoms with Crippen LogP contribution >= 0.6 is 0 Å². The van der Waals surface area contributed by atoms with Gasteiger partial charge in [0.2, 0.25) is 0 Å². The molecule has 3 nitrogen and oxygen atoms in total. The normalized spacial score (nSPS) is 13.8. The van der Waals surface area contributed by atoms with E-state index < -0.39 is 0 Å². The number of halogens is 1. The third kappa shape index (κ3) is 1.58.